The highest BCUT2D eigenvalue weighted by atomic mass is 16.5. The summed E-state index contributed by atoms with van der Waals surface area (Å²) in [6.07, 6.45) is 0.195. The maximum Gasteiger partial charge on any atom is 0.407 e. The summed E-state index contributed by atoms with van der Waals surface area (Å²) < 4.78 is 5.57. The Kier molecular flexibility index (Phi) is 6.64. The van der Waals surface area contributed by atoms with Crippen LogP contribution in [0.2, 0.25) is 0 Å². The number of fused-ring (bicyclic) bond motifs is 3. The molecule has 180 valence electrons. The van der Waals surface area contributed by atoms with Crippen LogP contribution in [0.15, 0.2) is 48.5 Å². The van der Waals surface area contributed by atoms with Crippen molar-refractivity contribution in [3.05, 3.63) is 59.7 Å². The third kappa shape index (κ3) is 4.52. The molecule has 0 radical (unpaired) electrons. The smallest absolute Gasteiger partial charge is 0.407 e. The van der Waals surface area contributed by atoms with Crippen LogP contribution in [0.5, 0.6) is 0 Å². The average molecular weight is 465 g/mol. The summed E-state index contributed by atoms with van der Waals surface area (Å²) in [7, 11) is 0. The van der Waals surface area contributed by atoms with Crippen molar-refractivity contribution in [2.45, 2.75) is 45.6 Å². The van der Waals surface area contributed by atoms with E-state index < -0.39 is 17.5 Å². The number of carbonyl (C=O) groups is 3. The zero-order chi connectivity index (χ0) is 24.5. The molecule has 3 atom stereocenters. The number of hydrogen-bond donors (Lipinski definition) is 2. The van der Waals surface area contributed by atoms with Gasteiger partial charge in [-0.05, 0) is 48.4 Å². The summed E-state index contributed by atoms with van der Waals surface area (Å²) in [5.74, 6) is -1.07. The van der Waals surface area contributed by atoms with Gasteiger partial charge >= 0.3 is 12.1 Å². The average Bonchev–Trinajstić information content (AvgIpc) is 3.31. The minimum absolute atomic E-state index is 0.00395. The predicted octanol–water partition coefficient (Wildman–Crippen LogP) is 4.26. The molecule has 1 aliphatic carbocycles. The Hall–Kier alpha value is -3.35. The van der Waals surface area contributed by atoms with Gasteiger partial charge in [-0.3, -0.25) is 9.59 Å². The highest BCUT2D eigenvalue weighted by Crippen LogP contribution is 2.44. The first-order chi connectivity index (χ1) is 16.2. The van der Waals surface area contributed by atoms with Gasteiger partial charge in [-0.1, -0.05) is 55.5 Å². The number of carbonyl (C=O) groups excluding carboxylic acids is 2. The Bertz CT molecular complexity index is 1050. The largest absolute Gasteiger partial charge is 0.481 e. The fraction of sp³-hybridized carbons (Fsp3) is 0.444. The Labute approximate surface area is 200 Å². The van der Waals surface area contributed by atoms with Crippen LogP contribution >= 0.6 is 0 Å². The molecule has 0 saturated carbocycles. The van der Waals surface area contributed by atoms with Gasteiger partial charge in [0.2, 0.25) is 5.91 Å². The highest BCUT2D eigenvalue weighted by molar-refractivity contribution is 5.81. The summed E-state index contributed by atoms with van der Waals surface area (Å²) >= 11 is 0. The van der Waals surface area contributed by atoms with Crippen LogP contribution in [0.1, 0.15) is 50.7 Å². The zero-order valence-electron chi connectivity index (χ0n) is 19.9. The fourth-order valence-corrected chi connectivity index (χ4v) is 5.03. The number of amides is 2. The van der Waals surface area contributed by atoms with Gasteiger partial charge in [0.15, 0.2) is 0 Å². The van der Waals surface area contributed by atoms with Gasteiger partial charge in [-0.2, -0.15) is 0 Å². The van der Waals surface area contributed by atoms with Gasteiger partial charge < -0.3 is 20.1 Å². The van der Waals surface area contributed by atoms with Crippen LogP contribution < -0.4 is 5.32 Å². The zero-order valence-corrected chi connectivity index (χ0v) is 19.9. The number of aliphatic carboxylic acids is 1. The number of likely N-dealkylation sites (tertiary alicyclic amines) is 1. The lowest BCUT2D eigenvalue weighted by Crippen LogP contribution is -2.37. The lowest BCUT2D eigenvalue weighted by Gasteiger charge is -2.22. The van der Waals surface area contributed by atoms with Crippen molar-refractivity contribution in [1.29, 1.82) is 0 Å². The fourth-order valence-electron chi connectivity index (χ4n) is 5.03. The molecule has 0 spiro atoms. The molecule has 2 N–H and O–H groups in total. The third-order valence-corrected chi connectivity index (χ3v) is 7.44. The topological polar surface area (TPSA) is 95.9 Å². The normalized spacial score (nSPS) is 22.1. The first kappa shape index (κ1) is 23.8. The van der Waals surface area contributed by atoms with Crippen LogP contribution in [0, 0.1) is 11.3 Å². The van der Waals surface area contributed by atoms with Gasteiger partial charge in [0.1, 0.15) is 6.61 Å². The first-order valence-corrected chi connectivity index (χ1v) is 11.8. The summed E-state index contributed by atoms with van der Waals surface area (Å²) in [5, 5.41) is 12.3. The van der Waals surface area contributed by atoms with Crippen LogP contribution in [-0.4, -0.2) is 53.7 Å². The van der Waals surface area contributed by atoms with Crippen LogP contribution in [0.4, 0.5) is 4.79 Å². The molecule has 7 heteroatoms. The summed E-state index contributed by atoms with van der Waals surface area (Å²) in [4.78, 5) is 38.3. The SMILES string of the molecule is CC(CCC(=O)N1C[C@@H](C)[C@](C)(C(=O)O)C1)NC(=O)OCC1c2ccccc2-c2ccccc21. The maximum absolute atomic E-state index is 12.6. The van der Waals surface area contributed by atoms with Crippen LogP contribution in [-0.2, 0) is 14.3 Å². The summed E-state index contributed by atoms with van der Waals surface area (Å²) in [6, 6.07) is 16.1. The van der Waals surface area contributed by atoms with E-state index in [9.17, 15) is 19.5 Å². The number of hydrogen-bond acceptors (Lipinski definition) is 4. The van der Waals surface area contributed by atoms with Crippen LogP contribution in [0.25, 0.3) is 11.1 Å². The standard InChI is InChI=1S/C27H32N2O5/c1-17-14-29(16-27(17,3)25(31)32)24(30)13-12-18(2)28-26(33)34-15-23-21-10-6-4-8-19(21)20-9-5-7-11-22(20)23/h4-11,17-18,23H,12-16H2,1-3H3,(H,28,33)(H,31,32)/t17-,18?,27-/m1/s1. The van der Waals surface area contributed by atoms with Gasteiger partial charge in [0.25, 0.3) is 0 Å². The molecule has 34 heavy (non-hydrogen) atoms. The predicted molar refractivity (Wildman–Crippen MR) is 128 cm³/mol. The number of alkyl carbamates (subject to hydrolysis) is 1. The van der Waals surface area contributed by atoms with E-state index in [4.69, 9.17) is 4.74 Å². The molecule has 1 aliphatic heterocycles. The number of rotatable bonds is 7. The second-order valence-corrected chi connectivity index (χ2v) is 9.81. The lowest BCUT2D eigenvalue weighted by molar-refractivity contribution is -0.149. The molecule has 1 heterocycles. The molecule has 2 amide bonds. The van der Waals surface area contributed by atoms with Crippen LogP contribution in [0.3, 0.4) is 0 Å². The van der Waals surface area contributed by atoms with Crippen molar-refractivity contribution in [3.8, 4) is 11.1 Å². The summed E-state index contributed by atoms with van der Waals surface area (Å²) in [5.41, 5.74) is 3.75. The molecule has 2 aliphatic rings. The molecule has 7 nitrogen and oxygen atoms in total. The lowest BCUT2D eigenvalue weighted by atomic mass is 9.81. The maximum atomic E-state index is 12.6. The van der Waals surface area contributed by atoms with E-state index in [1.54, 1.807) is 11.8 Å². The van der Waals surface area contributed by atoms with E-state index in [-0.39, 0.29) is 43.4 Å². The van der Waals surface area contributed by atoms with Crippen molar-refractivity contribution in [2.75, 3.05) is 19.7 Å². The molecular formula is C27H32N2O5. The number of carboxylic acids is 1. The van der Waals surface area contributed by atoms with E-state index in [0.29, 0.717) is 13.0 Å². The Morgan fingerprint density at radius 2 is 1.71 bits per heavy atom. The number of nitrogens with zero attached hydrogens (tertiary/aromatic N) is 1. The molecule has 1 fully saturated rings. The monoisotopic (exact) mass is 464 g/mol. The minimum atomic E-state index is -0.916. The molecule has 1 unspecified atom stereocenters. The molecule has 0 bridgehead atoms. The van der Waals surface area contributed by atoms with Crippen molar-refractivity contribution < 1.29 is 24.2 Å². The highest BCUT2D eigenvalue weighted by Gasteiger charge is 2.47. The van der Waals surface area contributed by atoms with Crippen molar-refractivity contribution in [3.63, 3.8) is 0 Å². The Morgan fingerprint density at radius 1 is 1.12 bits per heavy atom. The summed E-state index contributed by atoms with van der Waals surface area (Å²) in [6.45, 7) is 6.29. The Morgan fingerprint density at radius 3 is 2.26 bits per heavy atom. The number of nitrogens with one attached hydrogen (secondary N) is 1. The van der Waals surface area contributed by atoms with Gasteiger partial charge in [0, 0.05) is 31.5 Å². The third-order valence-electron chi connectivity index (χ3n) is 7.44. The number of benzene rings is 2. The molecule has 2 aromatic rings. The molecule has 2 aromatic carbocycles. The second kappa shape index (κ2) is 9.49. The molecular weight excluding hydrogens is 432 g/mol. The first-order valence-electron chi connectivity index (χ1n) is 11.8. The molecule has 4 rings (SSSR count). The number of ether oxygens (including phenoxy) is 1. The van der Waals surface area contributed by atoms with Crippen molar-refractivity contribution in [1.82, 2.24) is 10.2 Å². The van der Waals surface area contributed by atoms with E-state index in [2.05, 4.69) is 29.6 Å². The Balaban J connectivity index is 1.26. The number of carboxylic acid groups (broad SMARTS) is 1. The van der Waals surface area contributed by atoms with Gasteiger partial charge in [-0.25, -0.2) is 4.79 Å². The van der Waals surface area contributed by atoms with E-state index in [1.807, 2.05) is 38.1 Å². The molecule has 0 aromatic heterocycles. The van der Waals surface area contributed by atoms with E-state index in [1.165, 1.54) is 11.1 Å². The quantitative estimate of drug-likeness (QED) is 0.638. The van der Waals surface area contributed by atoms with E-state index >= 15 is 0 Å². The van der Waals surface area contributed by atoms with Gasteiger partial charge in [0.05, 0.1) is 5.41 Å². The van der Waals surface area contributed by atoms with E-state index in [0.717, 1.165) is 11.1 Å². The van der Waals surface area contributed by atoms with Crippen molar-refractivity contribution in [2.24, 2.45) is 11.3 Å². The minimum Gasteiger partial charge on any atom is -0.481 e. The molecule has 1 saturated heterocycles. The van der Waals surface area contributed by atoms with Gasteiger partial charge in [-0.15, -0.1) is 0 Å². The second-order valence-electron chi connectivity index (χ2n) is 9.81. The van der Waals surface area contributed by atoms with Crippen molar-refractivity contribution >= 4 is 18.0 Å².